The Bertz CT molecular complexity index is 1580. The third-order valence-corrected chi connectivity index (χ3v) is 7.13. The fourth-order valence-electron chi connectivity index (χ4n) is 5.33. The van der Waals surface area contributed by atoms with E-state index in [0.717, 1.165) is 35.2 Å². The molecule has 13 nitrogen and oxygen atoms in total. The van der Waals surface area contributed by atoms with Crippen molar-refractivity contribution in [3.63, 3.8) is 0 Å². The van der Waals surface area contributed by atoms with E-state index in [9.17, 15) is 14.7 Å². The summed E-state index contributed by atoms with van der Waals surface area (Å²) in [4.78, 5) is 37.9. The number of piperidine rings is 1. The molecule has 2 aliphatic heterocycles. The zero-order valence-electron chi connectivity index (χ0n) is 21.9. The van der Waals surface area contributed by atoms with Crippen molar-refractivity contribution in [2.45, 2.75) is 38.0 Å². The Balaban J connectivity index is 1.30. The number of hydrogen-bond acceptors (Lipinski definition) is 10. The lowest BCUT2D eigenvalue weighted by Crippen LogP contribution is -2.68. The van der Waals surface area contributed by atoms with Crippen LogP contribution in [-0.2, 0) is 9.47 Å². The standard InChI is InChI=1S/C27H27N7O6/c1-16-8-20(22(12-28-16)40-27-6-3-4-18(14-39-15-27)34(27)26(36)37)17-5-7-33-19(9-17)10-23(32-33)31-24-13-29-21(11-30-24)25(35)38-2/h5,7-13,18H,3-4,6,14-15H2,1-2H3,(H,36,37)(H,30,31,32). The smallest absolute Gasteiger partial charge is 0.410 e. The average molecular weight is 546 g/mol. The molecule has 0 aliphatic carbocycles. The van der Waals surface area contributed by atoms with Crippen LogP contribution in [0.4, 0.5) is 16.4 Å². The highest BCUT2D eigenvalue weighted by Crippen LogP contribution is 2.41. The van der Waals surface area contributed by atoms with Gasteiger partial charge in [-0.05, 0) is 43.5 Å². The number of methoxy groups -OCH3 is 1. The van der Waals surface area contributed by atoms with E-state index in [0.29, 0.717) is 30.4 Å². The number of esters is 1. The molecule has 2 aliphatic rings. The molecule has 6 rings (SSSR count). The molecule has 206 valence electrons. The zero-order chi connectivity index (χ0) is 27.9. The lowest BCUT2D eigenvalue weighted by Gasteiger charge is -2.52. The summed E-state index contributed by atoms with van der Waals surface area (Å²) in [6.45, 7) is 2.41. The SMILES string of the molecule is COC(=O)c1cnc(Nc2cc3cc(-c4cc(C)ncc4OC45CCCC(COC4)N5C(=O)O)ccn3n2)cn1. The van der Waals surface area contributed by atoms with E-state index in [2.05, 4.69) is 30.1 Å². The van der Waals surface area contributed by atoms with E-state index < -0.39 is 17.8 Å². The number of morpholine rings is 1. The molecule has 4 aromatic rings. The number of carboxylic acid groups (broad SMARTS) is 1. The predicted molar refractivity (Wildman–Crippen MR) is 141 cm³/mol. The van der Waals surface area contributed by atoms with Crippen LogP contribution >= 0.6 is 0 Å². The number of carbonyl (C=O) groups is 2. The molecule has 6 heterocycles. The molecule has 0 aromatic carbocycles. The van der Waals surface area contributed by atoms with Crippen LogP contribution in [0.15, 0.2) is 49.1 Å². The first kappa shape index (κ1) is 25.5. The van der Waals surface area contributed by atoms with Gasteiger partial charge in [-0.3, -0.25) is 9.88 Å². The Hall–Kier alpha value is -4.78. The van der Waals surface area contributed by atoms with Crippen molar-refractivity contribution in [2.24, 2.45) is 0 Å². The summed E-state index contributed by atoms with van der Waals surface area (Å²) < 4.78 is 18.7. The minimum atomic E-state index is -1.11. The minimum absolute atomic E-state index is 0.105. The van der Waals surface area contributed by atoms with Gasteiger partial charge in [-0.25, -0.2) is 24.1 Å². The first-order chi connectivity index (χ1) is 19.3. The van der Waals surface area contributed by atoms with Crippen LogP contribution in [-0.4, -0.2) is 78.7 Å². The minimum Gasteiger partial charge on any atom is -0.465 e. The van der Waals surface area contributed by atoms with E-state index in [1.54, 1.807) is 10.7 Å². The van der Waals surface area contributed by atoms with Crippen LogP contribution < -0.4 is 10.1 Å². The van der Waals surface area contributed by atoms with Crippen molar-refractivity contribution < 1.29 is 28.9 Å². The number of pyridine rings is 2. The number of anilines is 2. The molecule has 40 heavy (non-hydrogen) atoms. The van der Waals surface area contributed by atoms with Gasteiger partial charge in [-0.1, -0.05) is 0 Å². The number of nitrogens with one attached hydrogen (secondary N) is 1. The molecule has 0 spiro atoms. The van der Waals surface area contributed by atoms with Crippen LogP contribution in [0, 0.1) is 6.92 Å². The number of hydrogen-bond donors (Lipinski definition) is 2. The van der Waals surface area contributed by atoms with Gasteiger partial charge in [-0.15, -0.1) is 0 Å². The number of rotatable bonds is 6. The largest absolute Gasteiger partial charge is 0.465 e. The topological polar surface area (TPSA) is 153 Å². The summed E-state index contributed by atoms with van der Waals surface area (Å²) in [6.07, 6.45) is 7.32. The molecule has 0 saturated carbocycles. The van der Waals surface area contributed by atoms with Crippen molar-refractivity contribution in [1.29, 1.82) is 0 Å². The summed E-state index contributed by atoms with van der Waals surface area (Å²) in [6, 6.07) is 7.39. The van der Waals surface area contributed by atoms with Crippen molar-refractivity contribution in [3.8, 4) is 16.9 Å². The first-order valence-electron chi connectivity index (χ1n) is 12.8. The number of nitrogens with zero attached hydrogens (tertiary/aromatic N) is 6. The van der Waals surface area contributed by atoms with Crippen LogP contribution in [0.2, 0.25) is 0 Å². The fraction of sp³-hybridized carbons (Fsp3) is 0.333. The van der Waals surface area contributed by atoms with Gasteiger partial charge in [0.25, 0.3) is 0 Å². The molecule has 2 fully saturated rings. The quantitative estimate of drug-likeness (QED) is 0.341. The van der Waals surface area contributed by atoms with E-state index in [-0.39, 0.29) is 18.3 Å². The highest BCUT2D eigenvalue weighted by molar-refractivity contribution is 5.86. The van der Waals surface area contributed by atoms with Crippen molar-refractivity contribution in [3.05, 3.63) is 60.4 Å². The van der Waals surface area contributed by atoms with Crippen LogP contribution in [0.5, 0.6) is 5.75 Å². The van der Waals surface area contributed by atoms with Gasteiger partial charge >= 0.3 is 12.1 Å². The second-order valence-corrected chi connectivity index (χ2v) is 9.80. The summed E-state index contributed by atoms with van der Waals surface area (Å²) in [5.74, 6) is 0.859. The number of carbonyl (C=O) groups excluding carboxylic acids is 1. The maximum atomic E-state index is 12.2. The summed E-state index contributed by atoms with van der Waals surface area (Å²) in [7, 11) is 1.28. The monoisotopic (exact) mass is 545 g/mol. The zero-order valence-corrected chi connectivity index (χ0v) is 21.9. The van der Waals surface area contributed by atoms with Crippen molar-refractivity contribution >= 4 is 29.2 Å². The molecule has 2 unspecified atom stereocenters. The maximum absolute atomic E-state index is 12.2. The van der Waals surface area contributed by atoms with E-state index in [1.165, 1.54) is 24.4 Å². The third-order valence-electron chi connectivity index (χ3n) is 7.13. The molecule has 4 aromatic heterocycles. The lowest BCUT2D eigenvalue weighted by atomic mass is 9.91. The maximum Gasteiger partial charge on any atom is 0.410 e. The van der Waals surface area contributed by atoms with Crippen LogP contribution in [0.1, 0.15) is 35.4 Å². The van der Waals surface area contributed by atoms with Gasteiger partial charge in [0.2, 0.25) is 5.72 Å². The Morgan fingerprint density at radius 2 is 2.02 bits per heavy atom. The van der Waals surface area contributed by atoms with Gasteiger partial charge < -0.3 is 24.6 Å². The Kier molecular flexibility index (Phi) is 6.42. The molecule has 2 N–H and O–H groups in total. The first-order valence-corrected chi connectivity index (χ1v) is 12.8. The fourth-order valence-corrected chi connectivity index (χ4v) is 5.33. The van der Waals surface area contributed by atoms with Gasteiger partial charge in [0.15, 0.2) is 11.5 Å². The molecule has 2 atom stereocenters. The van der Waals surface area contributed by atoms with Gasteiger partial charge in [-0.2, -0.15) is 5.10 Å². The van der Waals surface area contributed by atoms with Crippen molar-refractivity contribution in [2.75, 3.05) is 25.6 Å². The average Bonchev–Trinajstić information content (AvgIpc) is 3.35. The normalized spacial score (nSPS) is 20.2. The Morgan fingerprint density at radius 1 is 1.15 bits per heavy atom. The number of fused-ring (bicyclic) bond motifs is 3. The van der Waals surface area contributed by atoms with E-state index in [4.69, 9.17) is 9.47 Å². The summed E-state index contributed by atoms with van der Waals surface area (Å²) in [5, 5.41) is 17.6. The molecular formula is C27H27N7O6. The number of ether oxygens (including phenoxy) is 3. The Labute approximate surface area is 228 Å². The molecule has 2 bridgehead atoms. The second kappa shape index (κ2) is 10.1. The number of aromatic nitrogens is 5. The predicted octanol–water partition coefficient (Wildman–Crippen LogP) is 3.66. The summed E-state index contributed by atoms with van der Waals surface area (Å²) in [5.41, 5.74) is 2.21. The van der Waals surface area contributed by atoms with Crippen molar-refractivity contribution in [1.82, 2.24) is 29.5 Å². The van der Waals surface area contributed by atoms with Gasteiger partial charge in [0, 0.05) is 29.9 Å². The Morgan fingerprint density at radius 3 is 2.80 bits per heavy atom. The van der Waals surface area contributed by atoms with Crippen LogP contribution in [0.25, 0.3) is 16.6 Å². The van der Waals surface area contributed by atoms with E-state index >= 15 is 0 Å². The van der Waals surface area contributed by atoms with Gasteiger partial charge in [0.1, 0.15) is 18.2 Å². The number of aryl methyl sites for hydroxylation is 1. The summed E-state index contributed by atoms with van der Waals surface area (Å²) >= 11 is 0. The molecule has 0 radical (unpaired) electrons. The molecule has 13 heteroatoms. The number of amides is 1. The van der Waals surface area contributed by atoms with E-state index in [1.807, 2.05) is 37.4 Å². The third kappa shape index (κ3) is 4.64. The van der Waals surface area contributed by atoms with Crippen LogP contribution in [0.3, 0.4) is 0 Å². The van der Waals surface area contributed by atoms with Gasteiger partial charge in [0.05, 0.1) is 43.9 Å². The molecular weight excluding hydrogens is 518 g/mol. The highest BCUT2D eigenvalue weighted by atomic mass is 16.6. The molecule has 1 amide bonds. The lowest BCUT2D eigenvalue weighted by molar-refractivity contribution is -0.200. The second-order valence-electron chi connectivity index (χ2n) is 9.80. The molecule has 2 saturated heterocycles. The highest BCUT2D eigenvalue weighted by Gasteiger charge is 2.52.